The smallest absolute Gasteiger partial charge is 0.307 e. The molecule has 0 aliphatic rings. The number of rotatable bonds is 38. The molecule has 286 valence electrons. The minimum absolute atomic E-state index is 0.0633. The number of esters is 1. The summed E-state index contributed by atoms with van der Waals surface area (Å²) in [5, 5.41) is 0. The Kier molecular flexibility index (Phi) is 31.9. The van der Waals surface area contributed by atoms with E-state index in [1.165, 1.54) is 19.2 Å². The molecule has 1 rings (SSSR count). The summed E-state index contributed by atoms with van der Waals surface area (Å²) in [5.41, 5.74) is 0. The third-order valence-electron chi connectivity index (χ3n) is 5.90. The minimum atomic E-state index is -3.76. The fourth-order valence-corrected chi connectivity index (χ4v) is 4.33. The SMILES string of the molecule is COC(=O)CCOCCOCCOCCOCCOCCOCCOCCOCCOCCOCCOCCOS(=O)(=O)c1ccccc1. The molecule has 16 nitrogen and oxygen atoms in total. The topological polar surface area (TPSA) is 171 Å². The summed E-state index contributed by atoms with van der Waals surface area (Å²) >= 11 is 0. The zero-order valence-electron chi connectivity index (χ0n) is 28.8. The van der Waals surface area contributed by atoms with Crippen LogP contribution in [0.25, 0.3) is 0 Å². The average molecular weight is 729 g/mol. The Bertz CT molecular complexity index is 954. The van der Waals surface area contributed by atoms with E-state index in [2.05, 4.69) is 4.74 Å². The second-order valence-electron chi connectivity index (χ2n) is 9.65. The fourth-order valence-electron chi connectivity index (χ4n) is 3.42. The first-order valence-electron chi connectivity index (χ1n) is 16.4. The molecule has 1 aromatic carbocycles. The highest BCUT2D eigenvalue weighted by Crippen LogP contribution is 2.10. The molecule has 0 aliphatic heterocycles. The van der Waals surface area contributed by atoms with Crippen LogP contribution < -0.4 is 0 Å². The Labute approximate surface area is 290 Å². The van der Waals surface area contributed by atoms with Crippen molar-refractivity contribution in [2.24, 2.45) is 0 Å². The van der Waals surface area contributed by atoms with E-state index >= 15 is 0 Å². The Morgan fingerprint density at radius 2 is 0.694 bits per heavy atom. The van der Waals surface area contributed by atoms with E-state index in [-0.39, 0.29) is 30.5 Å². The summed E-state index contributed by atoms with van der Waals surface area (Å²) in [7, 11) is -2.42. The quantitative estimate of drug-likeness (QED) is 0.0539. The molecule has 17 heteroatoms. The molecule has 0 unspecified atom stereocenters. The highest BCUT2D eigenvalue weighted by Gasteiger charge is 2.13. The van der Waals surface area contributed by atoms with Gasteiger partial charge in [-0.25, -0.2) is 0 Å². The van der Waals surface area contributed by atoms with Crippen molar-refractivity contribution in [2.75, 3.05) is 159 Å². The molecule has 1 aromatic rings. The highest BCUT2D eigenvalue weighted by atomic mass is 32.2. The molecule has 0 fully saturated rings. The van der Waals surface area contributed by atoms with E-state index in [1.54, 1.807) is 18.2 Å². The van der Waals surface area contributed by atoms with Crippen LogP contribution in [0, 0.1) is 0 Å². The zero-order chi connectivity index (χ0) is 35.4. The molecule has 0 N–H and O–H groups in total. The van der Waals surface area contributed by atoms with Gasteiger partial charge < -0.3 is 56.8 Å². The Morgan fingerprint density at radius 1 is 0.429 bits per heavy atom. The Morgan fingerprint density at radius 3 is 0.980 bits per heavy atom. The lowest BCUT2D eigenvalue weighted by Gasteiger charge is -2.09. The van der Waals surface area contributed by atoms with Crippen LogP contribution in [0.5, 0.6) is 0 Å². The average Bonchev–Trinajstić information content (AvgIpc) is 3.11. The predicted octanol–water partition coefficient (Wildman–Crippen LogP) is 1.14. The third-order valence-corrected chi connectivity index (χ3v) is 7.22. The van der Waals surface area contributed by atoms with Gasteiger partial charge in [0.05, 0.1) is 170 Å². The van der Waals surface area contributed by atoms with Crippen molar-refractivity contribution in [1.29, 1.82) is 0 Å². The number of benzene rings is 1. The lowest BCUT2D eigenvalue weighted by molar-refractivity contribution is -0.141. The second kappa shape index (κ2) is 34.6. The number of carbonyl (C=O) groups is 1. The first-order chi connectivity index (χ1) is 24.1. The summed E-state index contributed by atoms with van der Waals surface area (Å²) in [6.45, 7) is 9.37. The van der Waals surface area contributed by atoms with E-state index in [0.717, 1.165) is 0 Å². The van der Waals surface area contributed by atoms with Gasteiger partial charge in [-0.1, -0.05) is 18.2 Å². The van der Waals surface area contributed by atoms with Crippen LogP contribution in [0.2, 0.25) is 0 Å². The van der Waals surface area contributed by atoms with Gasteiger partial charge in [0.25, 0.3) is 10.1 Å². The molecule has 0 atom stereocenters. The van der Waals surface area contributed by atoms with Crippen LogP contribution >= 0.6 is 0 Å². The summed E-state index contributed by atoms with van der Waals surface area (Å²) in [5.74, 6) is -0.293. The van der Waals surface area contributed by atoms with Crippen molar-refractivity contribution >= 4 is 16.1 Å². The molecular formula is C32H56O16S. The standard InChI is InChI=1S/C32H56O16S/c1-36-32(33)7-8-37-9-10-38-11-12-39-13-14-40-15-16-41-17-18-42-19-20-43-21-22-44-23-24-45-25-26-46-27-28-47-29-30-48-49(34,35)31-5-3-2-4-6-31/h2-6H,7-30H2,1H3. The van der Waals surface area contributed by atoms with Crippen molar-refractivity contribution in [3.63, 3.8) is 0 Å². The first kappa shape index (κ1) is 45.2. The van der Waals surface area contributed by atoms with Crippen molar-refractivity contribution in [1.82, 2.24) is 0 Å². The predicted molar refractivity (Wildman–Crippen MR) is 175 cm³/mol. The van der Waals surface area contributed by atoms with Gasteiger partial charge in [0.15, 0.2) is 0 Å². The zero-order valence-corrected chi connectivity index (χ0v) is 29.6. The van der Waals surface area contributed by atoms with Gasteiger partial charge >= 0.3 is 5.97 Å². The summed E-state index contributed by atoms with van der Waals surface area (Å²) < 4.78 is 92.9. The largest absolute Gasteiger partial charge is 0.469 e. The normalized spacial score (nSPS) is 11.7. The second-order valence-corrected chi connectivity index (χ2v) is 11.3. The molecule has 0 amide bonds. The lowest BCUT2D eigenvalue weighted by Crippen LogP contribution is -2.16. The summed E-state index contributed by atoms with van der Waals surface area (Å²) in [6, 6.07) is 7.96. The molecule has 0 bridgehead atoms. The van der Waals surface area contributed by atoms with Gasteiger partial charge in [-0.05, 0) is 12.1 Å². The Balaban J connectivity index is 1.66. The van der Waals surface area contributed by atoms with E-state index < -0.39 is 10.1 Å². The maximum absolute atomic E-state index is 12.0. The summed E-state index contributed by atoms with van der Waals surface area (Å²) in [6.07, 6.45) is 0.237. The number of ether oxygens (including phenoxy) is 12. The molecule has 0 radical (unpaired) electrons. The van der Waals surface area contributed by atoms with Crippen molar-refractivity contribution in [3.05, 3.63) is 30.3 Å². The highest BCUT2D eigenvalue weighted by molar-refractivity contribution is 7.86. The number of carbonyl (C=O) groups excluding carboxylic acids is 1. The van der Waals surface area contributed by atoms with Gasteiger partial charge in [0.1, 0.15) is 0 Å². The van der Waals surface area contributed by atoms with Crippen LogP contribution in [0.3, 0.4) is 0 Å². The van der Waals surface area contributed by atoms with Gasteiger partial charge in [-0.2, -0.15) is 8.42 Å². The van der Waals surface area contributed by atoms with Gasteiger partial charge in [0.2, 0.25) is 0 Å². The van der Waals surface area contributed by atoms with Crippen LogP contribution in [0.15, 0.2) is 35.2 Å². The first-order valence-corrected chi connectivity index (χ1v) is 17.8. The van der Waals surface area contributed by atoms with Gasteiger partial charge in [0, 0.05) is 0 Å². The molecule has 0 aromatic heterocycles. The molecule has 0 spiro atoms. The van der Waals surface area contributed by atoms with Crippen LogP contribution in [-0.2, 0) is 75.9 Å². The molecule has 0 aliphatic carbocycles. The number of hydrogen-bond acceptors (Lipinski definition) is 16. The molecule has 0 saturated heterocycles. The van der Waals surface area contributed by atoms with E-state index in [9.17, 15) is 13.2 Å². The lowest BCUT2D eigenvalue weighted by atomic mass is 10.4. The molecular weight excluding hydrogens is 672 g/mol. The van der Waals surface area contributed by atoms with E-state index in [0.29, 0.717) is 139 Å². The van der Waals surface area contributed by atoms with E-state index in [4.69, 9.17) is 56.3 Å². The minimum Gasteiger partial charge on any atom is -0.469 e. The van der Waals surface area contributed by atoms with Crippen LogP contribution in [-0.4, -0.2) is 173 Å². The third kappa shape index (κ3) is 30.7. The Hall–Kier alpha value is -1.84. The van der Waals surface area contributed by atoms with Gasteiger partial charge in [-0.15, -0.1) is 0 Å². The molecule has 0 heterocycles. The maximum atomic E-state index is 12.0. The monoisotopic (exact) mass is 728 g/mol. The molecule has 49 heavy (non-hydrogen) atoms. The van der Waals surface area contributed by atoms with Crippen molar-refractivity contribution in [3.8, 4) is 0 Å². The molecule has 0 saturated carbocycles. The number of hydrogen-bond donors (Lipinski definition) is 0. The van der Waals surface area contributed by atoms with Crippen molar-refractivity contribution < 1.29 is 74.2 Å². The number of methoxy groups -OCH3 is 1. The van der Waals surface area contributed by atoms with Crippen molar-refractivity contribution in [2.45, 2.75) is 11.3 Å². The van der Waals surface area contributed by atoms with Crippen LogP contribution in [0.1, 0.15) is 6.42 Å². The van der Waals surface area contributed by atoms with Crippen LogP contribution in [0.4, 0.5) is 0 Å². The maximum Gasteiger partial charge on any atom is 0.307 e. The fraction of sp³-hybridized carbons (Fsp3) is 0.781. The van der Waals surface area contributed by atoms with Gasteiger partial charge in [-0.3, -0.25) is 8.98 Å². The van der Waals surface area contributed by atoms with E-state index in [1.807, 2.05) is 0 Å². The summed E-state index contributed by atoms with van der Waals surface area (Å²) in [4.78, 5) is 11.0.